The van der Waals surface area contributed by atoms with Crippen LogP contribution in [0.15, 0.2) is 30.4 Å². The lowest BCUT2D eigenvalue weighted by atomic mass is 9.85. The fraction of sp³-hybridized carbons (Fsp3) is 0.267. The molecule has 0 aromatic heterocycles. The lowest BCUT2D eigenvalue weighted by molar-refractivity contribution is -0.122. The number of phenols is 1. The lowest BCUT2D eigenvalue weighted by Crippen LogP contribution is -2.30. The van der Waals surface area contributed by atoms with E-state index in [2.05, 4.69) is 0 Å². The van der Waals surface area contributed by atoms with Crippen molar-refractivity contribution in [2.45, 2.75) is 12.8 Å². The van der Waals surface area contributed by atoms with Gasteiger partial charge in [0, 0.05) is 6.07 Å². The second-order valence-electron chi connectivity index (χ2n) is 5.17. The van der Waals surface area contributed by atoms with E-state index < -0.39 is 11.7 Å². The Kier molecular flexibility index (Phi) is 3.01. The van der Waals surface area contributed by atoms with Crippen molar-refractivity contribution >= 4 is 23.5 Å². The second-order valence-corrected chi connectivity index (χ2v) is 5.17. The number of aromatic carboxylic acids is 1. The quantitative estimate of drug-likeness (QED) is 0.635. The van der Waals surface area contributed by atoms with Crippen molar-refractivity contribution in [2.24, 2.45) is 11.8 Å². The van der Waals surface area contributed by atoms with Crippen LogP contribution in [0.2, 0.25) is 0 Å². The summed E-state index contributed by atoms with van der Waals surface area (Å²) in [5.74, 6) is -3.04. The van der Waals surface area contributed by atoms with E-state index in [4.69, 9.17) is 5.11 Å². The molecule has 3 rings (SSSR count). The van der Waals surface area contributed by atoms with Gasteiger partial charge in [-0.1, -0.05) is 12.2 Å². The van der Waals surface area contributed by atoms with Crippen LogP contribution in [0.5, 0.6) is 5.75 Å². The molecular weight excluding hydrogens is 274 g/mol. The van der Waals surface area contributed by atoms with Crippen molar-refractivity contribution in [1.29, 1.82) is 0 Å². The number of fused-ring (bicyclic) bond motifs is 1. The summed E-state index contributed by atoms with van der Waals surface area (Å²) in [6, 6.07) is 3.70. The fourth-order valence-electron chi connectivity index (χ4n) is 2.89. The van der Waals surface area contributed by atoms with Crippen LogP contribution in [0.4, 0.5) is 5.69 Å². The van der Waals surface area contributed by atoms with Crippen molar-refractivity contribution < 1.29 is 24.6 Å². The van der Waals surface area contributed by atoms with Gasteiger partial charge in [0.15, 0.2) is 0 Å². The van der Waals surface area contributed by atoms with E-state index in [0.29, 0.717) is 12.8 Å². The molecule has 2 unspecified atom stereocenters. The molecule has 2 atom stereocenters. The third kappa shape index (κ3) is 1.99. The Hall–Kier alpha value is -2.63. The maximum Gasteiger partial charge on any atom is 0.339 e. The molecule has 6 heteroatoms. The summed E-state index contributed by atoms with van der Waals surface area (Å²) in [6.07, 6.45) is 4.84. The van der Waals surface area contributed by atoms with Crippen molar-refractivity contribution in [3.8, 4) is 5.75 Å². The third-order valence-corrected chi connectivity index (χ3v) is 3.98. The van der Waals surface area contributed by atoms with Gasteiger partial charge in [-0.15, -0.1) is 0 Å². The van der Waals surface area contributed by atoms with E-state index in [0.717, 1.165) is 11.0 Å². The molecule has 2 aliphatic rings. The minimum atomic E-state index is -1.27. The SMILES string of the molecule is O=C(O)c1ccc(N2C(=O)C3CC=CCC3C2=O)cc1O. The number of nitrogens with zero attached hydrogens (tertiary/aromatic N) is 1. The smallest absolute Gasteiger partial charge is 0.339 e. The zero-order valence-electron chi connectivity index (χ0n) is 11.0. The number of aromatic hydroxyl groups is 1. The van der Waals surface area contributed by atoms with Gasteiger partial charge in [-0.3, -0.25) is 9.59 Å². The number of imide groups is 1. The molecule has 0 spiro atoms. The van der Waals surface area contributed by atoms with Crippen LogP contribution in [0.3, 0.4) is 0 Å². The number of hydrogen-bond acceptors (Lipinski definition) is 4. The van der Waals surface area contributed by atoms with E-state index in [1.54, 1.807) is 0 Å². The molecule has 1 aromatic carbocycles. The molecule has 0 bridgehead atoms. The number of rotatable bonds is 2. The molecular formula is C15H13NO5. The van der Waals surface area contributed by atoms with Gasteiger partial charge in [-0.25, -0.2) is 9.69 Å². The topological polar surface area (TPSA) is 94.9 Å². The summed E-state index contributed by atoms with van der Waals surface area (Å²) in [6.45, 7) is 0. The van der Waals surface area contributed by atoms with Crippen LogP contribution >= 0.6 is 0 Å². The summed E-state index contributed by atoms with van der Waals surface area (Å²) in [4.78, 5) is 36.6. The average molecular weight is 287 g/mol. The Morgan fingerprint density at radius 3 is 2.14 bits per heavy atom. The van der Waals surface area contributed by atoms with Crippen LogP contribution in [-0.2, 0) is 9.59 Å². The standard InChI is InChI=1S/C15H13NO5/c17-12-7-8(5-6-11(12)15(20)21)16-13(18)9-3-1-2-4-10(9)14(16)19/h1-2,5-7,9-10,17H,3-4H2,(H,20,21). The van der Waals surface area contributed by atoms with Gasteiger partial charge in [0.2, 0.25) is 11.8 Å². The predicted octanol–water partition coefficient (Wildman–Crippen LogP) is 1.55. The third-order valence-electron chi connectivity index (χ3n) is 3.98. The van der Waals surface area contributed by atoms with E-state index >= 15 is 0 Å². The largest absolute Gasteiger partial charge is 0.507 e. The van der Waals surface area contributed by atoms with Gasteiger partial charge in [0.05, 0.1) is 17.5 Å². The molecule has 2 amide bonds. The molecule has 1 aromatic rings. The predicted molar refractivity (Wildman–Crippen MR) is 72.9 cm³/mol. The number of benzene rings is 1. The first-order valence-electron chi connectivity index (χ1n) is 6.60. The van der Waals surface area contributed by atoms with Gasteiger partial charge in [0.1, 0.15) is 11.3 Å². The first kappa shape index (κ1) is 13.4. The Labute approximate surface area is 120 Å². The molecule has 1 fully saturated rings. The molecule has 108 valence electrons. The number of amides is 2. The number of carbonyl (C=O) groups is 3. The number of allylic oxidation sites excluding steroid dienone is 2. The van der Waals surface area contributed by atoms with E-state index in [1.165, 1.54) is 12.1 Å². The van der Waals surface area contributed by atoms with Gasteiger partial charge in [-0.05, 0) is 25.0 Å². The van der Waals surface area contributed by atoms with Crippen molar-refractivity contribution in [2.75, 3.05) is 4.90 Å². The first-order valence-corrected chi connectivity index (χ1v) is 6.60. The number of carboxylic acid groups (broad SMARTS) is 1. The van der Waals surface area contributed by atoms with Crippen LogP contribution in [0, 0.1) is 11.8 Å². The molecule has 0 radical (unpaired) electrons. The van der Waals surface area contributed by atoms with Crippen molar-refractivity contribution in [3.05, 3.63) is 35.9 Å². The van der Waals surface area contributed by atoms with E-state index in [-0.39, 0.29) is 34.9 Å². The highest BCUT2D eigenvalue weighted by atomic mass is 16.4. The van der Waals surface area contributed by atoms with Gasteiger partial charge < -0.3 is 10.2 Å². The molecule has 1 aliphatic carbocycles. The zero-order chi connectivity index (χ0) is 15.1. The first-order chi connectivity index (χ1) is 10.0. The highest BCUT2D eigenvalue weighted by Gasteiger charge is 2.47. The van der Waals surface area contributed by atoms with E-state index in [1.807, 2.05) is 12.2 Å². The maximum atomic E-state index is 12.4. The van der Waals surface area contributed by atoms with Crippen LogP contribution in [0.1, 0.15) is 23.2 Å². The summed E-state index contributed by atoms with van der Waals surface area (Å²) in [7, 11) is 0. The Morgan fingerprint density at radius 2 is 1.67 bits per heavy atom. The van der Waals surface area contributed by atoms with Gasteiger partial charge >= 0.3 is 5.97 Å². The van der Waals surface area contributed by atoms with E-state index in [9.17, 15) is 19.5 Å². The number of hydrogen-bond donors (Lipinski definition) is 2. The van der Waals surface area contributed by atoms with Gasteiger partial charge in [-0.2, -0.15) is 0 Å². The highest BCUT2D eigenvalue weighted by molar-refractivity contribution is 6.22. The highest BCUT2D eigenvalue weighted by Crippen LogP contribution is 2.38. The molecule has 6 nitrogen and oxygen atoms in total. The van der Waals surface area contributed by atoms with Crippen molar-refractivity contribution in [1.82, 2.24) is 0 Å². The number of carbonyl (C=O) groups excluding carboxylic acids is 2. The van der Waals surface area contributed by atoms with Crippen LogP contribution < -0.4 is 4.90 Å². The molecule has 1 aliphatic heterocycles. The molecule has 1 heterocycles. The minimum Gasteiger partial charge on any atom is -0.507 e. The molecule has 21 heavy (non-hydrogen) atoms. The molecule has 0 saturated carbocycles. The fourth-order valence-corrected chi connectivity index (χ4v) is 2.89. The normalized spacial score (nSPS) is 24.3. The van der Waals surface area contributed by atoms with Crippen LogP contribution in [-0.4, -0.2) is 28.0 Å². The average Bonchev–Trinajstić information content (AvgIpc) is 2.71. The number of anilines is 1. The summed E-state index contributed by atoms with van der Waals surface area (Å²) in [5.41, 5.74) is -0.0566. The zero-order valence-corrected chi connectivity index (χ0v) is 11.0. The molecule has 1 saturated heterocycles. The summed E-state index contributed by atoms with van der Waals surface area (Å²) >= 11 is 0. The Bertz CT molecular complexity index is 653. The van der Waals surface area contributed by atoms with Crippen molar-refractivity contribution in [3.63, 3.8) is 0 Å². The van der Waals surface area contributed by atoms with Crippen LogP contribution in [0.25, 0.3) is 0 Å². The second kappa shape index (κ2) is 4.73. The monoisotopic (exact) mass is 287 g/mol. The lowest BCUT2D eigenvalue weighted by Gasteiger charge is -2.15. The maximum absolute atomic E-state index is 12.4. The van der Waals surface area contributed by atoms with Gasteiger partial charge in [0.25, 0.3) is 0 Å². The molecule has 2 N–H and O–H groups in total. The summed E-state index contributed by atoms with van der Waals surface area (Å²) < 4.78 is 0. The minimum absolute atomic E-state index is 0.210. The Morgan fingerprint density at radius 1 is 1.10 bits per heavy atom. The Balaban J connectivity index is 1.98. The number of carboxylic acids is 1. The summed E-state index contributed by atoms with van der Waals surface area (Å²) in [5, 5.41) is 18.6.